The van der Waals surface area contributed by atoms with Gasteiger partial charge in [0.05, 0.1) is 0 Å². The van der Waals surface area contributed by atoms with E-state index in [0.717, 1.165) is 37.9 Å². The predicted octanol–water partition coefficient (Wildman–Crippen LogP) is 2.13. The zero-order valence-corrected chi connectivity index (χ0v) is 13.0. The highest BCUT2D eigenvalue weighted by atomic mass is 19.1. The van der Waals surface area contributed by atoms with Gasteiger partial charge in [0.2, 0.25) is 11.8 Å². The molecule has 1 N–H and O–H groups in total. The number of benzene rings is 1. The molecule has 0 aliphatic carbocycles. The van der Waals surface area contributed by atoms with Crippen molar-refractivity contribution in [2.45, 2.75) is 32.6 Å². The lowest BCUT2D eigenvalue weighted by molar-refractivity contribution is -0.132. The predicted molar refractivity (Wildman–Crippen MR) is 82.7 cm³/mol. The number of piperidine rings is 1. The molecule has 2 rings (SSSR count). The minimum absolute atomic E-state index is 0.106. The average molecular weight is 306 g/mol. The van der Waals surface area contributed by atoms with E-state index < -0.39 is 0 Å². The molecule has 1 aliphatic heterocycles. The Morgan fingerprint density at radius 1 is 1.23 bits per heavy atom. The van der Waals surface area contributed by atoms with Crippen LogP contribution < -0.4 is 5.32 Å². The van der Waals surface area contributed by atoms with Crippen molar-refractivity contribution in [2.75, 3.05) is 19.6 Å². The molecule has 120 valence electrons. The second-order valence-corrected chi connectivity index (χ2v) is 5.89. The SMILES string of the molecule is CC(=O)NCCC(=O)N1CCC(Cc2ccc(F)cc2)CC1. The third kappa shape index (κ3) is 5.13. The van der Waals surface area contributed by atoms with E-state index >= 15 is 0 Å². The van der Waals surface area contributed by atoms with Crippen LogP contribution in [-0.4, -0.2) is 36.3 Å². The first-order valence-corrected chi connectivity index (χ1v) is 7.81. The minimum atomic E-state index is -0.205. The molecule has 0 radical (unpaired) electrons. The summed E-state index contributed by atoms with van der Waals surface area (Å²) in [5.41, 5.74) is 1.15. The molecule has 2 amide bonds. The smallest absolute Gasteiger partial charge is 0.224 e. The fourth-order valence-electron chi connectivity index (χ4n) is 2.84. The number of nitrogens with one attached hydrogen (secondary N) is 1. The van der Waals surface area contributed by atoms with Gasteiger partial charge in [-0.3, -0.25) is 9.59 Å². The maximum absolute atomic E-state index is 12.9. The molecule has 0 spiro atoms. The van der Waals surface area contributed by atoms with E-state index in [1.807, 2.05) is 17.0 Å². The summed E-state index contributed by atoms with van der Waals surface area (Å²) in [6, 6.07) is 6.66. The molecule has 1 heterocycles. The summed E-state index contributed by atoms with van der Waals surface area (Å²) in [6.45, 7) is 3.39. The fourth-order valence-corrected chi connectivity index (χ4v) is 2.84. The number of carbonyl (C=O) groups excluding carboxylic acids is 2. The Hall–Kier alpha value is -1.91. The average Bonchev–Trinajstić information content (AvgIpc) is 2.50. The van der Waals surface area contributed by atoms with Gasteiger partial charge >= 0.3 is 0 Å². The molecule has 0 unspecified atom stereocenters. The van der Waals surface area contributed by atoms with Crippen LogP contribution in [0.2, 0.25) is 0 Å². The third-order valence-electron chi connectivity index (χ3n) is 4.12. The van der Waals surface area contributed by atoms with Crippen LogP contribution in [-0.2, 0) is 16.0 Å². The molecule has 0 aromatic heterocycles. The summed E-state index contributed by atoms with van der Waals surface area (Å²) >= 11 is 0. The van der Waals surface area contributed by atoms with Gasteiger partial charge in [-0.05, 0) is 42.9 Å². The van der Waals surface area contributed by atoms with Crippen molar-refractivity contribution in [1.29, 1.82) is 0 Å². The number of halogens is 1. The summed E-state index contributed by atoms with van der Waals surface area (Å²) in [4.78, 5) is 24.7. The molecule has 1 aromatic carbocycles. The van der Waals surface area contributed by atoms with E-state index in [0.29, 0.717) is 18.9 Å². The molecule has 5 heteroatoms. The maximum Gasteiger partial charge on any atom is 0.224 e. The van der Waals surface area contributed by atoms with Gasteiger partial charge in [-0.2, -0.15) is 0 Å². The Bertz CT molecular complexity index is 508. The topological polar surface area (TPSA) is 49.4 Å². The van der Waals surface area contributed by atoms with Gasteiger partial charge in [-0.25, -0.2) is 4.39 Å². The Kier molecular flexibility index (Phi) is 5.92. The summed E-state index contributed by atoms with van der Waals surface area (Å²) in [7, 11) is 0. The summed E-state index contributed by atoms with van der Waals surface area (Å²) in [5.74, 6) is 0.341. The second kappa shape index (κ2) is 7.92. The van der Waals surface area contributed by atoms with E-state index in [1.54, 1.807) is 0 Å². The van der Waals surface area contributed by atoms with Crippen molar-refractivity contribution in [1.82, 2.24) is 10.2 Å². The Balaban J connectivity index is 1.72. The van der Waals surface area contributed by atoms with Gasteiger partial charge in [-0.15, -0.1) is 0 Å². The number of likely N-dealkylation sites (tertiary alicyclic amines) is 1. The number of hydrogen-bond acceptors (Lipinski definition) is 2. The molecule has 1 aliphatic rings. The number of nitrogens with zero attached hydrogens (tertiary/aromatic N) is 1. The van der Waals surface area contributed by atoms with E-state index in [4.69, 9.17) is 0 Å². The Morgan fingerprint density at radius 3 is 2.45 bits per heavy atom. The highest BCUT2D eigenvalue weighted by Crippen LogP contribution is 2.22. The normalized spacial score (nSPS) is 15.6. The van der Waals surface area contributed by atoms with Gasteiger partial charge in [0.15, 0.2) is 0 Å². The highest BCUT2D eigenvalue weighted by molar-refractivity contribution is 5.78. The molecular formula is C17H23FN2O2. The largest absolute Gasteiger partial charge is 0.356 e. The van der Waals surface area contributed by atoms with Gasteiger partial charge in [0.1, 0.15) is 5.82 Å². The van der Waals surface area contributed by atoms with Crippen molar-refractivity contribution in [3.63, 3.8) is 0 Å². The van der Waals surface area contributed by atoms with Crippen LogP contribution >= 0.6 is 0 Å². The standard InChI is InChI=1S/C17H23FN2O2/c1-13(21)19-9-6-17(22)20-10-7-15(8-11-20)12-14-2-4-16(18)5-3-14/h2-5,15H,6-12H2,1H3,(H,19,21). The fraction of sp³-hybridized carbons (Fsp3) is 0.529. The second-order valence-electron chi connectivity index (χ2n) is 5.89. The molecule has 1 saturated heterocycles. The van der Waals surface area contributed by atoms with Gasteiger partial charge in [-0.1, -0.05) is 12.1 Å². The number of hydrogen-bond donors (Lipinski definition) is 1. The Labute approximate surface area is 130 Å². The highest BCUT2D eigenvalue weighted by Gasteiger charge is 2.22. The zero-order valence-electron chi connectivity index (χ0n) is 13.0. The van der Waals surface area contributed by atoms with Gasteiger partial charge in [0, 0.05) is 33.0 Å². The molecule has 1 fully saturated rings. The van der Waals surface area contributed by atoms with E-state index in [-0.39, 0.29) is 17.6 Å². The molecule has 0 atom stereocenters. The van der Waals surface area contributed by atoms with Crippen molar-refractivity contribution in [2.24, 2.45) is 5.92 Å². The van der Waals surface area contributed by atoms with Crippen molar-refractivity contribution in [3.8, 4) is 0 Å². The minimum Gasteiger partial charge on any atom is -0.356 e. The number of amides is 2. The Morgan fingerprint density at radius 2 is 1.86 bits per heavy atom. The summed E-state index contributed by atoms with van der Waals surface area (Å²) in [5, 5.41) is 2.64. The lowest BCUT2D eigenvalue weighted by atomic mass is 9.90. The quantitative estimate of drug-likeness (QED) is 0.906. The van der Waals surface area contributed by atoms with Crippen molar-refractivity contribution in [3.05, 3.63) is 35.6 Å². The summed E-state index contributed by atoms with van der Waals surface area (Å²) < 4.78 is 12.9. The molecule has 22 heavy (non-hydrogen) atoms. The van der Waals surface area contributed by atoms with Crippen LogP contribution in [0.5, 0.6) is 0 Å². The zero-order chi connectivity index (χ0) is 15.9. The van der Waals surface area contributed by atoms with Gasteiger partial charge in [0.25, 0.3) is 0 Å². The first-order chi connectivity index (χ1) is 10.5. The van der Waals surface area contributed by atoms with Crippen molar-refractivity contribution < 1.29 is 14.0 Å². The van der Waals surface area contributed by atoms with Crippen LogP contribution in [0.15, 0.2) is 24.3 Å². The maximum atomic E-state index is 12.9. The molecule has 0 saturated carbocycles. The monoisotopic (exact) mass is 306 g/mol. The first-order valence-electron chi connectivity index (χ1n) is 7.81. The summed E-state index contributed by atoms with van der Waals surface area (Å²) in [6.07, 6.45) is 3.25. The van der Waals surface area contributed by atoms with Crippen molar-refractivity contribution >= 4 is 11.8 Å². The lowest BCUT2D eigenvalue weighted by Gasteiger charge is -2.32. The third-order valence-corrected chi connectivity index (χ3v) is 4.12. The number of carbonyl (C=O) groups is 2. The van der Waals surface area contributed by atoms with Crippen LogP contribution in [0.25, 0.3) is 0 Å². The van der Waals surface area contributed by atoms with Gasteiger partial charge < -0.3 is 10.2 Å². The van der Waals surface area contributed by atoms with E-state index in [1.165, 1.54) is 19.1 Å². The molecule has 0 bridgehead atoms. The lowest BCUT2D eigenvalue weighted by Crippen LogP contribution is -2.40. The molecule has 4 nitrogen and oxygen atoms in total. The molecular weight excluding hydrogens is 283 g/mol. The van der Waals surface area contributed by atoms with Crippen LogP contribution in [0.1, 0.15) is 31.7 Å². The van der Waals surface area contributed by atoms with Crippen LogP contribution in [0, 0.1) is 11.7 Å². The van der Waals surface area contributed by atoms with Crippen LogP contribution in [0.4, 0.5) is 4.39 Å². The van der Waals surface area contributed by atoms with E-state index in [9.17, 15) is 14.0 Å². The first kappa shape index (κ1) is 16.5. The van der Waals surface area contributed by atoms with Crippen LogP contribution in [0.3, 0.4) is 0 Å². The van der Waals surface area contributed by atoms with E-state index in [2.05, 4.69) is 5.32 Å². The molecule has 1 aromatic rings. The number of rotatable bonds is 5.